The minimum Gasteiger partial charge on any atom is -0.483 e. The second-order valence-corrected chi connectivity index (χ2v) is 22.7. The van der Waals surface area contributed by atoms with Gasteiger partial charge in [-0.05, 0) is 145 Å². The standard InChI is InChI=1S/C29H29N2O.C19H24NSi.Ir/c1-2-4-22-16-28-25(14-21(22)3-1)26-15-24(17-31-29(26)32-28)27-13-19(9-10-30-27)12-23-11-18-5-7-20(23)8-6-18;1-21(2,3)19-14-20-18(16-11-5-4-6-12-16)13-17(19)15-9-7-8-10-15;/h9-10,13-16,18,20,23H,1-8,11-12H2;4-6,11,13-15H,7-10H2,1-3H3;/q2*-1;. The fraction of sp³-hybridized carbons (Fsp3) is 0.438. The van der Waals surface area contributed by atoms with Gasteiger partial charge in [-0.1, -0.05) is 68.6 Å². The molecule has 1 atom stereocenters. The average Bonchev–Trinajstić information content (AvgIpc) is 3.86. The first kappa shape index (κ1) is 37.5. The van der Waals surface area contributed by atoms with Crippen LogP contribution < -0.4 is 5.19 Å². The molecule has 281 valence electrons. The number of hydrogen-bond donors (Lipinski definition) is 0. The fourth-order valence-electron chi connectivity index (χ4n) is 10.2. The van der Waals surface area contributed by atoms with Crippen molar-refractivity contribution in [2.45, 2.75) is 115 Å². The Kier molecular flexibility index (Phi) is 11.1. The zero-order chi connectivity index (χ0) is 35.9. The van der Waals surface area contributed by atoms with Gasteiger partial charge in [-0.25, -0.2) is 0 Å². The van der Waals surface area contributed by atoms with Crippen LogP contribution in [-0.2, 0) is 39.4 Å². The molecule has 4 saturated carbocycles. The second-order valence-electron chi connectivity index (χ2n) is 17.6. The summed E-state index contributed by atoms with van der Waals surface area (Å²) >= 11 is 0. The molecule has 0 saturated heterocycles. The van der Waals surface area contributed by atoms with Gasteiger partial charge in [0.1, 0.15) is 11.3 Å². The van der Waals surface area contributed by atoms with E-state index in [-0.39, 0.29) is 20.1 Å². The molecule has 4 nitrogen and oxygen atoms in total. The van der Waals surface area contributed by atoms with Crippen LogP contribution in [0.25, 0.3) is 44.6 Å². The van der Waals surface area contributed by atoms with E-state index in [1.807, 2.05) is 18.3 Å². The van der Waals surface area contributed by atoms with E-state index in [0.29, 0.717) is 5.71 Å². The molecule has 2 bridgehead atoms. The van der Waals surface area contributed by atoms with Crippen molar-refractivity contribution >= 4 is 35.3 Å². The summed E-state index contributed by atoms with van der Waals surface area (Å²) in [5.41, 5.74) is 11.7. The van der Waals surface area contributed by atoms with Crippen LogP contribution in [0.2, 0.25) is 19.6 Å². The molecule has 0 spiro atoms. The molecular weight excluding hydrogens is 855 g/mol. The van der Waals surface area contributed by atoms with Crippen molar-refractivity contribution in [1.29, 1.82) is 0 Å². The van der Waals surface area contributed by atoms with E-state index in [2.05, 4.69) is 91.6 Å². The molecule has 4 heterocycles. The monoisotopic (exact) mass is 908 g/mol. The van der Waals surface area contributed by atoms with Crippen LogP contribution in [0.15, 0.2) is 77.5 Å². The third-order valence-corrected chi connectivity index (χ3v) is 15.1. The van der Waals surface area contributed by atoms with Crippen molar-refractivity contribution in [3.05, 3.63) is 108 Å². The van der Waals surface area contributed by atoms with Crippen molar-refractivity contribution in [2.75, 3.05) is 0 Å². The van der Waals surface area contributed by atoms with Crippen LogP contribution in [0.3, 0.4) is 0 Å². The Morgan fingerprint density at radius 1 is 0.778 bits per heavy atom. The van der Waals surface area contributed by atoms with E-state index < -0.39 is 8.07 Å². The van der Waals surface area contributed by atoms with E-state index in [1.54, 1.807) is 10.8 Å². The van der Waals surface area contributed by atoms with E-state index in [9.17, 15) is 0 Å². The molecule has 54 heavy (non-hydrogen) atoms. The molecule has 1 unspecified atom stereocenters. The number of furan rings is 1. The Balaban J connectivity index is 0.000000164. The quantitative estimate of drug-likeness (QED) is 0.123. The molecule has 0 N–H and O–H groups in total. The predicted molar refractivity (Wildman–Crippen MR) is 220 cm³/mol. The van der Waals surface area contributed by atoms with Gasteiger partial charge in [-0.3, -0.25) is 0 Å². The number of fused-ring (bicyclic) bond motifs is 7. The summed E-state index contributed by atoms with van der Waals surface area (Å²) in [6.45, 7) is 7.28. The maximum absolute atomic E-state index is 6.10. The van der Waals surface area contributed by atoms with Crippen molar-refractivity contribution in [3.8, 4) is 22.5 Å². The molecule has 1 radical (unpaired) electrons. The summed E-state index contributed by atoms with van der Waals surface area (Å²) in [4.78, 5) is 14.0. The first-order chi connectivity index (χ1) is 25.9. The number of nitrogens with zero attached hydrogens (tertiary/aromatic N) is 3. The van der Waals surface area contributed by atoms with Crippen molar-refractivity contribution < 1.29 is 24.5 Å². The Morgan fingerprint density at radius 2 is 1.56 bits per heavy atom. The molecule has 5 aliphatic carbocycles. The van der Waals surface area contributed by atoms with Crippen molar-refractivity contribution in [3.63, 3.8) is 0 Å². The van der Waals surface area contributed by atoms with Gasteiger partial charge < -0.3 is 19.4 Å². The number of benzene rings is 2. The number of pyridine rings is 3. The van der Waals surface area contributed by atoms with Gasteiger partial charge >= 0.3 is 0 Å². The second kappa shape index (κ2) is 16.0. The van der Waals surface area contributed by atoms with Crippen molar-refractivity contribution in [2.24, 2.45) is 17.8 Å². The molecule has 0 aliphatic heterocycles. The zero-order valence-corrected chi connectivity index (χ0v) is 35.6. The Bertz CT molecular complexity index is 2230. The number of aromatic nitrogens is 3. The minimum atomic E-state index is -1.34. The summed E-state index contributed by atoms with van der Waals surface area (Å²) in [5, 5.41) is 3.81. The molecule has 5 aliphatic rings. The van der Waals surface area contributed by atoms with E-state index in [4.69, 9.17) is 14.4 Å². The average molecular weight is 908 g/mol. The molecule has 4 fully saturated rings. The summed E-state index contributed by atoms with van der Waals surface area (Å²) in [6, 6.07) is 25.0. The molecule has 6 aromatic rings. The third-order valence-electron chi connectivity index (χ3n) is 13.1. The van der Waals surface area contributed by atoms with Gasteiger partial charge in [0.25, 0.3) is 0 Å². The smallest absolute Gasteiger partial charge is 0.141 e. The van der Waals surface area contributed by atoms with Gasteiger partial charge in [-0.2, -0.15) is 0 Å². The summed E-state index contributed by atoms with van der Waals surface area (Å²) in [7, 11) is -1.34. The van der Waals surface area contributed by atoms with Gasteiger partial charge in [-0.15, -0.1) is 47.5 Å². The van der Waals surface area contributed by atoms with Crippen LogP contribution in [0.5, 0.6) is 0 Å². The maximum Gasteiger partial charge on any atom is 0.141 e. The maximum atomic E-state index is 6.10. The first-order valence-electron chi connectivity index (χ1n) is 20.6. The summed E-state index contributed by atoms with van der Waals surface area (Å²) < 4.78 is 6.10. The van der Waals surface area contributed by atoms with Gasteiger partial charge in [0.05, 0.1) is 8.07 Å². The third kappa shape index (κ3) is 7.81. The topological polar surface area (TPSA) is 51.8 Å². The van der Waals surface area contributed by atoms with E-state index in [0.717, 1.165) is 63.6 Å². The van der Waals surface area contributed by atoms with Gasteiger partial charge in [0.15, 0.2) is 0 Å². The van der Waals surface area contributed by atoms with Crippen LogP contribution in [0.1, 0.15) is 98.8 Å². The fourth-order valence-corrected chi connectivity index (χ4v) is 11.8. The van der Waals surface area contributed by atoms with Gasteiger partial charge in [0, 0.05) is 37.9 Å². The normalized spacial score (nSPS) is 21.1. The van der Waals surface area contributed by atoms with Crippen LogP contribution in [0, 0.1) is 30.0 Å². The predicted octanol–water partition coefficient (Wildman–Crippen LogP) is 11.8. The van der Waals surface area contributed by atoms with Crippen LogP contribution in [0.4, 0.5) is 0 Å². The summed E-state index contributed by atoms with van der Waals surface area (Å²) in [6.07, 6.45) is 26.1. The SMILES string of the molecule is C[Si](C)(C)c1cnc(-c2[c-]cccc2)cc1C1CCCC1.[Ir].[c-]1nc2oc3cc4c(cc3c2cc1-c1cc(CC2CC3CCC2CC3)ccn1)CCCC4. The van der Waals surface area contributed by atoms with Gasteiger partial charge in [0.2, 0.25) is 0 Å². The van der Waals surface area contributed by atoms with Crippen molar-refractivity contribution in [1.82, 2.24) is 15.0 Å². The minimum absolute atomic E-state index is 0. The van der Waals surface area contributed by atoms with E-state index in [1.165, 1.54) is 106 Å². The molecule has 2 aromatic carbocycles. The van der Waals surface area contributed by atoms with Crippen LogP contribution in [-0.4, -0.2) is 23.0 Å². The Morgan fingerprint density at radius 3 is 2.28 bits per heavy atom. The summed E-state index contributed by atoms with van der Waals surface area (Å²) in [5.74, 6) is 3.51. The number of rotatable bonds is 6. The first-order valence-corrected chi connectivity index (χ1v) is 24.1. The number of hydrogen-bond acceptors (Lipinski definition) is 4. The van der Waals surface area contributed by atoms with E-state index >= 15 is 0 Å². The zero-order valence-electron chi connectivity index (χ0n) is 32.2. The molecule has 0 amide bonds. The number of aryl methyl sites for hydroxylation is 2. The molecule has 4 aromatic heterocycles. The molecule has 6 heteroatoms. The van der Waals surface area contributed by atoms with Crippen LogP contribution >= 0.6 is 0 Å². The Labute approximate surface area is 336 Å². The molecule has 11 rings (SSSR count). The molecular formula is C48H53IrN3OSi-2. The largest absolute Gasteiger partial charge is 0.483 e. The Hall–Kier alpha value is -3.44.